The van der Waals surface area contributed by atoms with Crippen LogP contribution in [-0.4, -0.2) is 25.7 Å². The van der Waals surface area contributed by atoms with Crippen LogP contribution in [0.15, 0.2) is 30.3 Å². The van der Waals surface area contributed by atoms with Crippen LogP contribution in [-0.2, 0) is 0 Å². The van der Waals surface area contributed by atoms with E-state index < -0.39 is 0 Å². The predicted molar refractivity (Wildman–Crippen MR) is 74.5 cm³/mol. The largest absolute Gasteiger partial charge is 0.368 e. The molecule has 1 unspecified atom stereocenters. The number of hydrogen-bond donors (Lipinski definition) is 1. The van der Waals surface area contributed by atoms with Gasteiger partial charge in [0.2, 0.25) is 0 Å². The van der Waals surface area contributed by atoms with E-state index >= 15 is 0 Å². The van der Waals surface area contributed by atoms with Gasteiger partial charge in [-0.2, -0.15) is 0 Å². The molecule has 1 atom stereocenters. The molecule has 0 radical (unpaired) electrons. The molecule has 1 aromatic carbocycles. The second-order valence-corrected chi connectivity index (χ2v) is 5.59. The lowest BCUT2D eigenvalue weighted by Crippen LogP contribution is -2.54. The van der Waals surface area contributed by atoms with Crippen molar-refractivity contribution in [1.29, 1.82) is 0 Å². The van der Waals surface area contributed by atoms with Crippen molar-refractivity contribution in [3.63, 3.8) is 0 Å². The van der Waals surface area contributed by atoms with Crippen LogP contribution in [0.1, 0.15) is 27.2 Å². The first-order valence-corrected chi connectivity index (χ1v) is 6.67. The Kier molecular flexibility index (Phi) is 3.72. The summed E-state index contributed by atoms with van der Waals surface area (Å²) in [5.74, 6) is 0. The standard InChI is InChI=1S/C15H24N2/c1-4-17(13-8-6-5-7-9-13)14-10-11-16-12-15(14,2)3/h5-9,14,16H,4,10-12H2,1-3H3. The second kappa shape index (κ2) is 5.09. The molecule has 0 amide bonds. The minimum Gasteiger partial charge on any atom is -0.368 e. The van der Waals surface area contributed by atoms with Gasteiger partial charge in [-0.15, -0.1) is 0 Å². The fourth-order valence-electron chi connectivity index (χ4n) is 2.94. The van der Waals surface area contributed by atoms with Crippen LogP contribution >= 0.6 is 0 Å². The van der Waals surface area contributed by atoms with Gasteiger partial charge in [-0.05, 0) is 37.4 Å². The van der Waals surface area contributed by atoms with E-state index in [1.54, 1.807) is 0 Å². The van der Waals surface area contributed by atoms with Crippen LogP contribution in [0, 0.1) is 5.41 Å². The lowest BCUT2D eigenvalue weighted by atomic mass is 9.79. The molecule has 0 spiro atoms. The van der Waals surface area contributed by atoms with Gasteiger partial charge in [0.05, 0.1) is 0 Å². The molecule has 17 heavy (non-hydrogen) atoms. The van der Waals surface area contributed by atoms with Crippen molar-refractivity contribution >= 4 is 5.69 Å². The zero-order valence-electron chi connectivity index (χ0n) is 11.2. The third-order valence-electron chi connectivity index (χ3n) is 3.88. The zero-order valence-corrected chi connectivity index (χ0v) is 11.2. The fourth-order valence-corrected chi connectivity index (χ4v) is 2.94. The van der Waals surface area contributed by atoms with Crippen LogP contribution in [0.4, 0.5) is 5.69 Å². The zero-order chi connectivity index (χ0) is 12.3. The fraction of sp³-hybridized carbons (Fsp3) is 0.600. The molecule has 1 aliphatic heterocycles. The highest BCUT2D eigenvalue weighted by atomic mass is 15.2. The summed E-state index contributed by atoms with van der Waals surface area (Å²) < 4.78 is 0. The van der Waals surface area contributed by atoms with Crippen LogP contribution < -0.4 is 10.2 Å². The molecule has 1 fully saturated rings. The van der Waals surface area contributed by atoms with Crippen molar-refractivity contribution in [2.45, 2.75) is 33.2 Å². The summed E-state index contributed by atoms with van der Waals surface area (Å²) in [4.78, 5) is 2.56. The lowest BCUT2D eigenvalue weighted by Gasteiger charge is -2.46. The Labute approximate surface area is 105 Å². The van der Waals surface area contributed by atoms with Crippen molar-refractivity contribution < 1.29 is 0 Å². The average Bonchev–Trinajstić information content (AvgIpc) is 2.33. The summed E-state index contributed by atoms with van der Waals surface area (Å²) in [6.45, 7) is 10.3. The van der Waals surface area contributed by atoms with Gasteiger partial charge in [0.25, 0.3) is 0 Å². The second-order valence-electron chi connectivity index (χ2n) is 5.59. The van der Waals surface area contributed by atoms with E-state index in [2.05, 4.69) is 61.3 Å². The van der Waals surface area contributed by atoms with Crippen LogP contribution in [0.2, 0.25) is 0 Å². The van der Waals surface area contributed by atoms with Gasteiger partial charge in [-0.1, -0.05) is 32.0 Å². The van der Waals surface area contributed by atoms with Gasteiger partial charge in [-0.25, -0.2) is 0 Å². The first-order chi connectivity index (χ1) is 8.15. The van der Waals surface area contributed by atoms with E-state index in [1.165, 1.54) is 12.1 Å². The van der Waals surface area contributed by atoms with E-state index in [0.29, 0.717) is 11.5 Å². The molecule has 2 heteroatoms. The number of rotatable bonds is 3. The molecule has 1 saturated heterocycles. The van der Waals surface area contributed by atoms with E-state index in [-0.39, 0.29) is 0 Å². The summed E-state index contributed by atoms with van der Waals surface area (Å²) in [5.41, 5.74) is 1.69. The number of nitrogens with one attached hydrogen (secondary N) is 1. The third kappa shape index (κ3) is 2.63. The van der Waals surface area contributed by atoms with Crippen molar-refractivity contribution in [2.75, 3.05) is 24.5 Å². The first-order valence-electron chi connectivity index (χ1n) is 6.67. The predicted octanol–water partition coefficient (Wildman–Crippen LogP) is 2.90. The number of para-hydroxylation sites is 1. The maximum atomic E-state index is 3.51. The summed E-state index contributed by atoms with van der Waals surface area (Å²) in [6, 6.07) is 11.4. The van der Waals surface area contributed by atoms with Crippen LogP contribution in [0.3, 0.4) is 0 Å². The van der Waals surface area contributed by atoms with Crippen LogP contribution in [0.25, 0.3) is 0 Å². The highest BCUT2D eigenvalue weighted by Crippen LogP contribution is 2.32. The Morgan fingerprint density at radius 3 is 2.59 bits per heavy atom. The van der Waals surface area contributed by atoms with Crippen molar-refractivity contribution in [1.82, 2.24) is 5.32 Å². The average molecular weight is 232 g/mol. The molecule has 1 aliphatic rings. The number of nitrogens with zero attached hydrogens (tertiary/aromatic N) is 1. The smallest absolute Gasteiger partial charge is 0.0368 e. The number of hydrogen-bond acceptors (Lipinski definition) is 2. The highest BCUT2D eigenvalue weighted by Gasteiger charge is 2.35. The quantitative estimate of drug-likeness (QED) is 0.862. The monoisotopic (exact) mass is 232 g/mol. The molecule has 2 nitrogen and oxygen atoms in total. The van der Waals surface area contributed by atoms with Gasteiger partial charge in [-0.3, -0.25) is 0 Å². The Hall–Kier alpha value is -1.02. The lowest BCUT2D eigenvalue weighted by molar-refractivity contribution is 0.211. The van der Waals surface area contributed by atoms with Gasteiger partial charge in [0, 0.05) is 24.8 Å². The summed E-state index contributed by atoms with van der Waals surface area (Å²) in [5, 5.41) is 3.51. The Bertz CT molecular complexity index is 345. The molecule has 94 valence electrons. The summed E-state index contributed by atoms with van der Waals surface area (Å²) >= 11 is 0. The molecule has 1 aromatic rings. The minimum absolute atomic E-state index is 0.337. The molecule has 2 rings (SSSR count). The molecule has 1 N–H and O–H groups in total. The SMILES string of the molecule is CCN(c1ccccc1)C1CCNCC1(C)C. The Balaban J connectivity index is 2.23. The van der Waals surface area contributed by atoms with Gasteiger partial charge >= 0.3 is 0 Å². The van der Waals surface area contributed by atoms with Crippen LogP contribution in [0.5, 0.6) is 0 Å². The topological polar surface area (TPSA) is 15.3 Å². The van der Waals surface area contributed by atoms with Gasteiger partial charge in [0.1, 0.15) is 0 Å². The molecule has 0 aliphatic carbocycles. The molecule has 0 aromatic heterocycles. The van der Waals surface area contributed by atoms with E-state index in [4.69, 9.17) is 0 Å². The summed E-state index contributed by atoms with van der Waals surface area (Å²) in [7, 11) is 0. The number of piperidine rings is 1. The van der Waals surface area contributed by atoms with Crippen molar-refractivity contribution in [2.24, 2.45) is 5.41 Å². The molecular weight excluding hydrogens is 208 g/mol. The number of anilines is 1. The Morgan fingerprint density at radius 2 is 2.00 bits per heavy atom. The van der Waals surface area contributed by atoms with Crippen molar-refractivity contribution in [3.05, 3.63) is 30.3 Å². The summed E-state index contributed by atoms with van der Waals surface area (Å²) in [6.07, 6.45) is 1.23. The molecule has 0 saturated carbocycles. The molecule has 0 bridgehead atoms. The number of benzene rings is 1. The minimum atomic E-state index is 0.337. The van der Waals surface area contributed by atoms with Gasteiger partial charge in [0.15, 0.2) is 0 Å². The first kappa shape index (κ1) is 12.4. The van der Waals surface area contributed by atoms with Gasteiger partial charge < -0.3 is 10.2 Å². The molecular formula is C15H24N2. The maximum absolute atomic E-state index is 3.51. The van der Waals surface area contributed by atoms with E-state index in [9.17, 15) is 0 Å². The van der Waals surface area contributed by atoms with E-state index in [0.717, 1.165) is 19.6 Å². The van der Waals surface area contributed by atoms with E-state index in [1.807, 2.05) is 0 Å². The maximum Gasteiger partial charge on any atom is 0.0368 e. The third-order valence-corrected chi connectivity index (χ3v) is 3.88. The highest BCUT2D eigenvalue weighted by molar-refractivity contribution is 5.47. The van der Waals surface area contributed by atoms with Crippen molar-refractivity contribution in [3.8, 4) is 0 Å². The normalized spacial score (nSPS) is 23.4. The Morgan fingerprint density at radius 1 is 1.29 bits per heavy atom. The molecule has 1 heterocycles.